The van der Waals surface area contributed by atoms with Crippen LogP contribution in [0, 0.1) is 13.8 Å². The maximum absolute atomic E-state index is 11.8. The van der Waals surface area contributed by atoms with E-state index < -0.39 is 18.5 Å². The number of aliphatic carboxylic acids is 1. The smallest absolute Gasteiger partial charge is 0.341 e. The summed E-state index contributed by atoms with van der Waals surface area (Å²) in [6.07, 6.45) is 0. The van der Waals surface area contributed by atoms with Gasteiger partial charge in [0.25, 0.3) is 0 Å². The first-order valence-corrected chi connectivity index (χ1v) is 7.68. The Balaban J connectivity index is 2.23. The second kappa shape index (κ2) is 6.32. The van der Waals surface area contributed by atoms with E-state index in [2.05, 4.69) is 0 Å². The number of carboxylic acid groups (broad SMARTS) is 2. The standard InChI is InChI=1S/C19H17NO5/c1-11-4-3-5-13(8-11)20-12(2)18(19(23)24)15-9-14(6-7-16(15)20)25-10-17(21)22/h3-9H,10H2,1-2H3,(H,21,22)(H,23,24). The molecule has 3 aromatic rings. The van der Waals surface area contributed by atoms with Crippen LogP contribution >= 0.6 is 0 Å². The molecule has 25 heavy (non-hydrogen) atoms. The van der Waals surface area contributed by atoms with Crippen molar-refractivity contribution in [2.75, 3.05) is 6.61 Å². The van der Waals surface area contributed by atoms with Crippen LogP contribution in [0.5, 0.6) is 5.75 Å². The van der Waals surface area contributed by atoms with Crippen LogP contribution in [0.25, 0.3) is 16.6 Å². The second-order valence-corrected chi connectivity index (χ2v) is 5.80. The van der Waals surface area contributed by atoms with Crippen LogP contribution < -0.4 is 4.74 Å². The normalized spacial score (nSPS) is 10.8. The van der Waals surface area contributed by atoms with E-state index >= 15 is 0 Å². The lowest BCUT2D eigenvalue weighted by molar-refractivity contribution is -0.139. The summed E-state index contributed by atoms with van der Waals surface area (Å²) >= 11 is 0. The first kappa shape index (κ1) is 16.6. The van der Waals surface area contributed by atoms with E-state index in [1.54, 1.807) is 25.1 Å². The van der Waals surface area contributed by atoms with Gasteiger partial charge in [0.05, 0.1) is 11.1 Å². The summed E-state index contributed by atoms with van der Waals surface area (Å²) in [4.78, 5) is 22.4. The largest absolute Gasteiger partial charge is 0.482 e. The molecule has 0 aliphatic rings. The summed E-state index contributed by atoms with van der Waals surface area (Å²) in [7, 11) is 0. The van der Waals surface area contributed by atoms with Gasteiger partial charge in [-0.2, -0.15) is 0 Å². The lowest BCUT2D eigenvalue weighted by atomic mass is 10.1. The Kier molecular flexibility index (Phi) is 4.19. The Hall–Kier alpha value is -3.28. The molecule has 128 valence electrons. The molecule has 2 N–H and O–H groups in total. The molecule has 0 aliphatic heterocycles. The average molecular weight is 339 g/mol. The van der Waals surface area contributed by atoms with Gasteiger partial charge < -0.3 is 19.5 Å². The van der Waals surface area contributed by atoms with E-state index in [9.17, 15) is 14.7 Å². The summed E-state index contributed by atoms with van der Waals surface area (Å²) in [6.45, 7) is 3.25. The fraction of sp³-hybridized carbons (Fsp3) is 0.158. The summed E-state index contributed by atoms with van der Waals surface area (Å²) in [5.41, 5.74) is 3.44. The van der Waals surface area contributed by atoms with Crippen molar-refractivity contribution < 1.29 is 24.5 Å². The van der Waals surface area contributed by atoms with Crippen LogP contribution in [0.3, 0.4) is 0 Å². The average Bonchev–Trinajstić information content (AvgIpc) is 2.84. The zero-order chi connectivity index (χ0) is 18.1. The van der Waals surface area contributed by atoms with Gasteiger partial charge in [-0.25, -0.2) is 9.59 Å². The Morgan fingerprint density at radius 3 is 2.48 bits per heavy atom. The molecule has 0 bridgehead atoms. The molecule has 0 atom stereocenters. The number of fused-ring (bicyclic) bond motifs is 1. The monoisotopic (exact) mass is 339 g/mol. The van der Waals surface area contributed by atoms with Crippen molar-refractivity contribution in [1.29, 1.82) is 0 Å². The zero-order valence-corrected chi connectivity index (χ0v) is 13.8. The number of hydrogen-bond acceptors (Lipinski definition) is 3. The predicted octanol–water partition coefficient (Wildman–Crippen LogP) is 3.41. The lowest BCUT2D eigenvalue weighted by Gasteiger charge is -2.10. The van der Waals surface area contributed by atoms with Crippen molar-refractivity contribution in [2.45, 2.75) is 13.8 Å². The molecule has 0 aliphatic carbocycles. The third-order valence-corrected chi connectivity index (χ3v) is 4.01. The van der Waals surface area contributed by atoms with E-state index in [0.29, 0.717) is 16.8 Å². The van der Waals surface area contributed by atoms with Crippen molar-refractivity contribution in [3.8, 4) is 11.4 Å². The van der Waals surface area contributed by atoms with Gasteiger partial charge in [-0.05, 0) is 49.7 Å². The minimum atomic E-state index is -1.09. The number of aromatic carboxylic acids is 1. The van der Waals surface area contributed by atoms with Crippen LogP contribution in [0.15, 0.2) is 42.5 Å². The Morgan fingerprint density at radius 2 is 1.84 bits per heavy atom. The van der Waals surface area contributed by atoms with Crippen LogP contribution in [0.1, 0.15) is 21.6 Å². The van der Waals surface area contributed by atoms with Crippen molar-refractivity contribution in [2.24, 2.45) is 0 Å². The first-order valence-electron chi connectivity index (χ1n) is 7.68. The molecule has 0 unspecified atom stereocenters. The molecule has 0 amide bonds. The van der Waals surface area contributed by atoms with Crippen LogP contribution in [0.4, 0.5) is 0 Å². The van der Waals surface area contributed by atoms with Crippen molar-refractivity contribution in [3.05, 3.63) is 59.3 Å². The molecule has 0 saturated heterocycles. The van der Waals surface area contributed by atoms with Crippen molar-refractivity contribution >= 4 is 22.8 Å². The fourth-order valence-corrected chi connectivity index (χ4v) is 3.00. The predicted molar refractivity (Wildman–Crippen MR) is 92.8 cm³/mol. The SMILES string of the molecule is Cc1cccc(-n2c(C)c(C(=O)O)c3cc(OCC(=O)O)ccc32)c1. The molecule has 2 aromatic carbocycles. The highest BCUT2D eigenvalue weighted by atomic mass is 16.5. The van der Waals surface area contributed by atoms with Gasteiger partial charge in [-0.15, -0.1) is 0 Å². The third-order valence-electron chi connectivity index (χ3n) is 4.01. The highest BCUT2D eigenvalue weighted by molar-refractivity contribution is 6.06. The van der Waals surface area contributed by atoms with E-state index in [1.165, 1.54) is 0 Å². The quantitative estimate of drug-likeness (QED) is 0.743. The Labute approximate surface area is 143 Å². The zero-order valence-electron chi connectivity index (χ0n) is 13.8. The fourth-order valence-electron chi connectivity index (χ4n) is 3.00. The Morgan fingerprint density at radius 1 is 1.08 bits per heavy atom. The highest BCUT2D eigenvalue weighted by Crippen LogP contribution is 2.32. The minimum Gasteiger partial charge on any atom is -0.482 e. The van der Waals surface area contributed by atoms with Gasteiger partial charge in [0.1, 0.15) is 5.75 Å². The van der Waals surface area contributed by atoms with Gasteiger partial charge in [0, 0.05) is 16.8 Å². The van der Waals surface area contributed by atoms with Gasteiger partial charge >= 0.3 is 11.9 Å². The molecule has 0 fully saturated rings. The molecule has 0 spiro atoms. The Bertz CT molecular complexity index is 987. The number of aromatic nitrogens is 1. The lowest BCUT2D eigenvalue weighted by Crippen LogP contribution is -2.09. The molecule has 1 heterocycles. The molecule has 0 radical (unpaired) electrons. The topological polar surface area (TPSA) is 88.8 Å². The highest BCUT2D eigenvalue weighted by Gasteiger charge is 2.21. The number of carbonyl (C=O) groups is 2. The van der Waals surface area contributed by atoms with Gasteiger partial charge in [-0.3, -0.25) is 0 Å². The van der Waals surface area contributed by atoms with Gasteiger partial charge in [0.15, 0.2) is 6.61 Å². The number of aryl methyl sites for hydroxylation is 1. The number of nitrogens with zero attached hydrogens (tertiary/aromatic N) is 1. The molecule has 1 aromatic heterocycles. The van der Waals surface area contributed by atoms with Gasteiger partial charge in [0.2, 0.25) is 0 Å². The minimum absolute atomic E-state index is 0.178. The number of benzene rings is 2. The first-order chi connectivity index (χ1) is 11.9. The summed E-state index contributed by atoms with van der Waals surface area (Å²) < 4.78 is 7.06. The van der Waals surface area contributed by atoms with E-state index in [0.717, 1.165) is 16.8 Å². The van der Waals surface area contributed by atoms with E-state index in [1.807, 2.05) is 35.8 Å². The molecular weight excluding hydrogens is 322 g/mol. The second-order valence-electron chi connectivity index (χ2n) is 5.80. The maximum Gasteiger partial charge on any atom is 0.341 e. The number of hydrogen-bond donors (Lipinski definition) is 2. The molecular formula is C19H17NO5. The third kappa shape index (κ3) is 3.06. The van der Waals surface area contributed by atoms with Crippen LogP contribution in [-0.2, 0) is 4.79 Å². The summed E-state index contributed by atoms with van der Waals surface area (Å²) in [6, 6.07) is 12.7. The van der Waals surface area contributed by atoms with Gasteiger partial charge in [-0.1, -0.05) is 12.1 Å². The number of carboxylic acids is 2. The van der Waals surface area contributed by atoms with E-state index in [4.69, 9.17) is 9.84 Å². The molecule has 6 nitrogen and oxygen atoms in total. The molecule has 0 saturated carbocycles. The van der Waals surface area contributed by atoms with Crippen LogP contribution in [0.2, 0.25) is 0 Å². The molecule has 6 heteroatoms. The molecule has 3 rings (SSSR count). The number of rotatable bonds is 5. The number of ether oxygens (including phenoxy) is 1. The van der Waals surface area contributed by atoms with Crippen LogP contribution in [-0.4, -0.2) is 33.3 Å². The van der Waals surface area contributed by atoms with E-state index in [-0.39, 0.29) is 5.56 Å². The summed E-state index contributed by atoms with van der Waals surface area (Å²) in [5, 5.41) is 18.9. The summed E-state index contributed by atoms with van der Waals surface area (Å²) in [5.74, 6) is -1.81. The van der Waals surface area contributed by atoms with Crippen molar-refractivity contribution in [3.63, 3.8) is 0 Å². The maximum atomic E-state index is 11.8. The van der Waals surface area contributed by atoms with Crippen molar-refractivity contribution in [1.82, 2.24) is 4.57 Å².